The Labute approximate surface area is 82.3 Å². The fourth-order valence-electron chi connectivity index (χ4n) is 1.42. The summed E-state index contributed by atoms with van der Waals surface area (Å²) in [7, 11) is 0. The Balaban J connectivity index is 2.83. The molecule has 0 spiro atoms. The summed E-state index contributed by atoms with van der Waals surface area (Å²) in [6.07, 6.45) is -3.50. The van der Waals surface area contributed by atoms with E-state index in [1.807, 2.05) is 0 Å². The van der Waals surface area contributed by atoms with Gasteiger partial charge >= 0.3 is 6.18 Å². The molecular weight excluding hydrogens is 209 g/mol. The summed E-state index contributed by atoms with van der Waals surface area (Å²) >= 11 is 0. The van der Waals surface area contributed by atoms with Crippen LogP contribution in [0.5, 0.6) is 0 Å². The van der Waals surface area contributed by atoms with Crippen molar-refractivity contribution in [3.63, 3.8) is 0 Å². The lowest BCUT2D eigenvalue weighted by Crippen LogP contribution is -2.04. The number of hydrogen-bond acceptors (Lipinski definition) is 2. The van der Waals surface area contributed by atoms with E-state index in [2.05, 4.69) is 0 Å². The minimum Gasteiger partial charge on any atom is -0.464 e. The van der Waals surface area contributed by atoms with Gasteiger partial charge in [0.1, 0.15) is 17.4 Å². The van der Waals surface area contributed by atoms with Crippen LogP contribution in [0.2, 0.25) is 0 Å². The smallest absolute Gasteiger partial charge is 0.420 e. The number of hydrogen-bond donors (Lipinski definition) is 0. The first-order valence-corrected chi connectivity index (χ1v) is 4.06. The van der Waals surface area contributed by atoms with Crippen LogP contribution < -0.4 is 0 Å². The number of rotatable bonds is 1. The Morgan fingerprint density at radius 1 is 1.27 bits per heavy atom. The molecule has 0 saturated heterocycles. The van der Waals surface area contributed by atoms with Crippen molar-refractivity contribution in [2.45, 2.75) is 6.18 Å². The fourth-order valence-corrected chi connectivity index (χ4v) is 1.42. The molecule has 0 aliphatic heterocycles. The van der Waals surface area contributed by atoms with Gasteiger partial charge in [-0.05, 0) is 6.07 Å². The standard InChI is InChI=1S/C10H5F3O2/c11-10(12,13)7-5-15-8-3-1-2-6(4-14)9(7)8/h1-5H. The third-order valence-corrected chi connectivity index (χ3v) is 2.06. The SMILES string of the molecule is O=Cc1cccc2occ(C(F)(F)F)c12. The maximum absolute atomic E-state index is 12.5. The first kappa shape index (κ1) is 9.76. The summed E-state index contributed by atoms with van der Waals surface area (Å²) in [5, 5.41) is -0.181. The molecule has 0 saturated carbocycles. The van der Waals surface area contributed by atoms with Crippen LogP contribution in [0.3, 0.4) is 0 Å². The van der Waals surface area contributed by atoms with Crippen LogP contribution in [-0.2, 0) is 6.18 Å². The van der Waals surface area contributed by atoms with Gasteiger partial charge in [0, 0.05) is 10.9 Å². The van der Waals surface area contributed by atoms with Crippen LogP contribution in [0.4, 0.5) is 13.2 Å². The second-order valence-electron chi connectivity index (χ2n) is 2.99. The third-order valence-electron chi connectivity index (χ3n) is 2.06. The zero-order valence-electron chi connectivity index (χ0n) is 7.34. The Hall–Kier alpha value is -1.78. The van der Waals surface area contributed by atoms with Crippen molar-refractivity contribution in [2.24, 2.45) is 0 Å². The summed E-state index contributed by atoms with van der Waals surface area (Å²) < 4.78 is 42.2. The molecule has 0 radical (unpaired) electrons. The highest BCUT2D eigenvalue weighted by Gasteiger charge is 2.35. The Bertz CT molecular complexity index is 511. The average molecular weight is 214 g/mol. The highest BCUT2D eigenvalue weighted by molar-refractivity contribution is 5.98. The lowest BCUT2D eigenvalue weighted by atomic mass is 10.1. The molecule has 5 heteroatoms. The Morgan fingerprint density at radius 3 is 2.60 bits per heavy atom. The molecule has 0 bridgehead atoms. The van der Waals surface area contributed by atoms with Crippen molar-refractivity contribution in [1.29, 1.82) is 0 Å². The van der Waals surface area contributed by atoms with E-state index in [0.29, 0.717) is 12.5 Å². The molecule has 2 nitrogen and oxygen atoms in total. The summed E-state index contributed by atoms with van der Waals surface area (Å²) in [4.78, 5) is 10.6. The molecule has 1 aromatic heterocycles. The van der Waals surface area contributed by atoms with Crippen molar-refractivity contribution in [1.82, 2.24) is 0 Å². The topological polar surface area (TPSA) is 30.2 Å². The van der Waals surface area contributed by atoms with E-state index in [0.717, 1.165) is 0 Å². The predicted molar refractivity (Wildman–Crippen MR) is 46.6 cm³/mol. The van der Waals surface area contributed by atoms with Crippen molar-refractivity contribution in [3.05, 3.63) is 35.6 Å². The molecule has 0 aliphatic rings. The minimum atomic E-state index is -4.51. The molecule has 2 aromatic rings. The van der Waals surface area contributed by atoms with E-state index in [1.165, 1.54) is 18.2 Å². The van der Waals surface area contributed by atoms with E-state index in [9.17, 15) is 18.0 Å². The highest BCUT2D eigenvalue weighted by atomic mass is 19.4. The maximum atomic E-state index is 12.5. The third kappa shape index (κ3) is 1.49. The molecule has 15 heavy (non-hydrogen) atoms. The van der Waals surface area contributed by atoms with Crippen molar-refractivity contribution in [2.75, 3.05) is 0 Å². The van der Waals surface area contributed by atoms with Crippen LogP contribution in [0.25, 0.3) is 11.0 Å². The summed E-state index contributed by atoms with van der Waals surface area (Å²) in [5.74, 6) is 0. The number of fused-ring (bicyclic) bond motifs is 1. The molecule has 0 atom stereocenters. The van der Waals surface area contributed by atoms with Crippen LogP contribution in [0.15, 0.2) is 28.9 Å². The monoisotopic (exact) mass is 214 g/mol. The van der Waals surface area contributed by atoms with Crippen molar-refractivity contribution >= 4 is 17.3 Å². The zero-order valence-corrected chi connectivity index (χ0v) is 7.34. The highest BCUT2D eigenvalue weighted by Crippen LogP contribution is 2.37. The molecule has 0 unspecified atom stereocenters. The number of halogens is 3. The normalized spacial score (nSPS) is 11.9. The number of furan rings is 1. The van der Waals surface area contributed by atoms with E-state index in [1.54, 1.807) is 0 Å². The minimum absolute atomic E-state index is 0.0198. The van der Waals surface area contributed by atoms with Gasteiger partial charge in [-0.15, -0.1) is 0 Å². The van der Waals surface area contributed by atoms with Gasteiger partial charge in [0.15, 0.2) is 6.29 Å². The van der Waals surface area contributed by atoms with Crippen molar-refractivity contribution < 1.29 is 22.4 Å². The van der Waals surface area contributed by atoms with Gasteiger partial charge < -0.3 is 4.42 Å². The number of benzene rings is 1. The largest absolute Gasteiger partial charge is 0.464 e. The molecule has 1 heterocycles. The molecule has 0 aliphatic carbocycles. The lowest BCUT2D eigenvalue weighted by Gasteiger charge is -2.03. The van der Waals surface area contributed by atoms with E-state index in [4.69, 9.17) is 4.42 Å². The second-order valence-corrected chi connectivity index (χ2v) is 2.99. The van der Waals surface area contributed by atoms with Crippen LogP contribution in [0, 0.1) is 0 Å². The van der Waals surface area contributed by atoms with Crippen LogP contribution in [0.1, 0.15) is 15.9 Å². The lowest BCUT2D eigenvalue weighted by molar-refractivity contribution is -0.136. The van der Waals surface area contributed by atoms with Crippen molar-refractivity contribution in [3.8, 4) is 0 Å². The maximum Gasteiger partial charge on any atom is 0.420 e. The first-order chi connectivity index (χ1) is 7.04. The molecule has 1 aromatic carbocycles. The van der Waals surface area contributed by atoms with Crippen LogP contribution >= 0.6 is 0 Å². The van der Waals surface area contributed by atoms with Gasteiger partial charge in [-0.1, -0.05) is 12.1 Å². The number of carbonyl (C=O) groups excluding carboxylic acids is 1. The predicted octanol–water partition coefficient (Wildman–Crippen LogP) is 3.26. The molecule has 78 valence electrons. The number of carbonyl (C=O) groups is 1. The first-order valence-electron chi connectivity index (χ1n) is 4.06. The zero-order chi connectivity index (χ0) is 11.1. The summed E-state index contributed by atoms with van der Waals surface area (Å²) in [6, 6.07) is 4.17. The molecular formula is C10H5F3O2. The van der Waals surface area contributed by atoms with E-state index in [-0.39, 0.29) is 16.5 Å². The van der Waals surface area contributed by atoms with E-state index >= 15 is 0 Å². The van der Waals surface area contributed by atoms with Gasteiger partial charge in [0.2, 0.25) is 0 Å². The fraction of sp³-hybridized carbons (Fsp3) is 0.100. The molecule has 2 rings (SSSR count). The van der Waals surface area contributed by atoms with Crippen LogP contribution in [-0.4, -0.2) is 6.29 Å². The van der Waals surface area contributed by atoms with Gasteiger partial charge in [0.05, 0.1) is 0 Å². The van der Waals surface area contributed by atoms with Gasteiger partial charge in [-0.25, -0.2) is 0 Å². The summed E-state index contributed by atoms with van der Waals surface area (Å²) in [5.41, 5.74) is -0.874. The number of alkyl halides is 3. The van der Waals surface area contributed by atoms with E-state index < -0.39 is 11.7 Å². The van der Waals surface area contributed by atoms with Gasteiger partial charge in [0.25, 0.3) is 0 Å². The Morgan fingerprint density at radius 2 is 2.00 bits per heavy atom. The van der Waals surface area contributed by atoms with Gasteiger partial charge in [-0.3, -0.25) is 4.79 Å². The Kier molecular flexibility index (Phi) is 2.03. The molecule has 0 N–H and O–H groups in total. The molecule has 0 amide bonds. The quantitative estimate of drug-likeness (QED) is 0.682. The summed E-state index contributed by atoms with van der Waals surface area (Å²) in [6.45, 7) is 0. The molecule has 0 fully saturated rings. The van der Waals surface area contributed by atoms with Gasteiger partial charge in [-0.2, -0.15) is 13.2 Å². The average Bonchev–Trinajstić information content (AvgIpc) is 2.59. The second kappa shape index (κ2) is 3.12. The number of aldehydes is 1.